The lowest BCUT2D eigenvalue weighted by molar-refractivity contribution is -0.133. The number of hydrogen-bond acceptors (Lipinski definition) is 5. The third-order valence-corrected chi connectivity index (χ3v) is 6.69. The number of benzene rings is 2. The van der Waals surface area contributed by atoms with E-state index in [4.69, 9.17) is 4.74 Å². The molecule has 0 spiro atoms. The molecule has 1 aliphatic heterocycles. The van der Waals surface area contributed by atoms with Gasteiger partial charge in [0.05, 0.1) is 18.7 Å². The molecule has 1 saturated heterocycles. The molecule has 7 heteroatoms. The van der Waals surface area contributed by atoms with E-state index in [9.17, 15) is 14.4 Å². The van der Waals surface area contributed by atoms with Crippen LogP contribution in [-0.2, 0) is 32.0 Å². The fourth-order valence-electron chi connectivity index (χ4n) is 4.45. The number of Topliss-reactive ketones (excluding diaryl/α,β-unsaturated/α-hetero) is 1. The Kier molecular flexibility index (Phi) is 10.4. The van der Waals surface area contributed by atoms with Crippen molar-refractivity contribution in [2.45, 2.75) is 77.1 Å². The van der Waals surface area contributed by atoms with Crippen LogP contribution in [0.15, 0.2) is 60.7 Å². The number of epoxide rings is 1. The molecule has 2 aromatic rings. The Balaban J connectivity index is 1.74. The molecule has 0 saturated carbocycles. The van der Waals surface area contributed by atoms with Gasteiger partial charge in [-0.15, -0.1) is 0 Å². The molecule has 3 rings (SSSR count). The normalized spacial score (nSPS) is 19.1. The van der Waals surface area contributed by atoms with Crippen molar-refractivity contribution in [3.05, 3.63) is 71.8 Å². The van der Waals surface area contributed by atoms with Crippen molar-refractivity contribution in [2.75, 3.05) is 13.2 Å². The second kappa shape index (κ2) is 13.5. The zero-order chi connectivity index (χ0) is 26.8. The maximum Gasteiger partial charge on any atom is 0.243 e. The summed E-state index contributed by atoms with van der Waals surface area (Å²) in [4.78, 5) is 40.0. The second-order valence-electron chi connectivity index (χ2n) is 10.5. The number of likely N-dealkylation sites (N-methyl/N-ethyl adjacent to an activating group) is 1. The first-order valence-electron chi connectivity index (χ1n) is 13.3. The van der Waals surface area contributed by atoms with Crippen molar-refractivity contribution < 1.29 is 19.1 Å². The van der Waals surface area contributed by atoms with E-state index in [0.717, 1.165) is 17.5 Å². The predicted molar refractivity (Wildman–Crippen MR) is 145 cm³/mol. The van der Waals surface area contributed by atoms with Gasteiger partial charge in [0.15, 0.2) is 5.78 Å². The highest BCUT2D eigenvalue weighted by Gasteiger charge is 2.50. The van der Waals surface area contributed by atoms with Crippen molar-refractivity contribution in [3.8, 4) is 0 Å². The van der Waals surface area contributed by atoms with Crippen molar-refractivity contribution in [1.29, 1.82) is 0 Å². The van der Waals surface area contributed by atoms with Gasteiger partial charge >= 0.3 is 0 Å². The lowest BCUT2D eigenvalue weighted by Gasteiger charge is -2.26. The molecule has 4 atom stereocenters. The number of aryl methyl sites for hydroxylation is 1. The summed E-state index contributed by atoms with van der Waals surface area (Å²) in [5.41, 5.74) is 1.25. The number of amides is 2. The van der Waals surface area contributed by atoms with Crippen molar-refractivity contribution in [1.82, 2.24) is 16.0 Å². The molecule has 37 heavy (non-hydrogen) atoms. The Hall–Kier alpha value is -3.03. The van der Waals surface area contributed by atoms with Gasteiger partial charge in [0.1, 0.15) is 11.6 Å². The van der Waals surface area contributed by atoms with Crippen LogP contribution in [0.5, 0.6) is 0 Å². The summed E-state index contributed by atoms with van der Waals surface area (Å²) in [6, 6.07) is 17.7. The number of ketones is 1. The van der Waals surface area contributed by atoms with Crippen molar-refractivity contribution in [3.63, 3.8) is 0 Å². The molecule has 7 nitrogen and oxygen atoms in total. The summed E-state index contributed by atoms with van der Waals surface area (Å²) < 4.78 is 5.37. The summed E-state index contributed by atoms with van der Waals surface area (Å²) in [5.74, 6) is -0.501. The maximum absolute atomic E-state index is 13.5. The number of hydrogen-bond donors (Lipinski definition) is 3. The smallest absolute Gasteiger partial charge is 0.243 e. The number of ether oxygens (including phenoxy) is 1. The molecule has 200 valence electrons. The van der Waals surface area contributed by atoms with Gasteiger partial charge in [0.25, 0.3) is 0 Å². The van der Waals surface area contributed by atoms with E-state index in [2.05, 4.69) is 16.0 Å². The second-order valence-corrected chi connectivity index (χ2v) is 10.5. The minimum Gasteiger partial charge on any atom is -0.361 e. The first-order valence-corrected chi connectivity index (χ1v) is 13.3. The van der Waals surface area contributed by atoms with Crippen LogP contribution in [-0.4, -0.2) is 54.5 Å². The molecule has 0 radical (unpaired) electrons. The molecule has 1 unspecified atom stereocenters. The van der Waals surface area contributed by atoms with E-state index in [1.54, 1.807) is 6.92 Å². The summed E-state index contributed by atoms with van der Waals surface area (Å²) >= 11 is 0. The molecular weight excluding hydrogens is 466 g/mol. The molecule has 1 heterocycles. The summed E-state index contributed by atoms with van der Waals surface area (Å²) in [6.45, 7) is 8.74. The van der Waals surface area contributed by atoms with Crippen molar-refractivity contribution in [2.24, 2.45) is 5.92 Å². The molecule has 1 aliphatic rings. The first-order chi connectivity index (χ1) is 17.7. The van der Waals surface area contributed by atoms with Crippen LogP contribution in [0, 0.1) is 5.92 Å². The quantitative estimate of drug-likeness (QED) is 0.322. The highest BCUT2D eigenvalue weighted by molar-refractivity contribution is 5.98. The van der Waals surface area contributed by atoms with Crippen molar-refractivity contribution >= 4 is 17.6 Å². The van der Waals surface area contributed by atoms with Crippen LogP contribution >= 0.6 is 0 Å². The molecule has 0 bridgehead atoms. The largest absolute Gasteiger partial charge is 0.361 e. The van der Waals surface area contributed by atoms with Crippen LogP contribution < -0.4 is 16.0 Å². The Morgan fingerprint density at radius 1 is 0.865 bits per heavy atom. The van der Waals surface area contributed by atoms with Gasteiger partial charge < -0.3 is 20.7 Å². The zero-order valence-corrected chi connectivity index (χ0v) is 22.5. The lowest BCUT2D eigenvalue weighted by atomic mass is 9.93. The zero-order valence-electron chi connectivity index (χ0n) is 22.5. The van der Waals surface area contributed by atoms with Crippen LogP contribution in [0.1, 0.15) is 51.7 Å². The number of rotatable bonds is 15. The molecule has 3 N–H and O–H groups in total. The van der Waals surface area contributed by atoms with E-state index < -0.39 is 23.7 Å². The van der Waals surface area contributed by atoms with Gasteiger partial charge in [0, 0.05) is 6.42 Å². The van der Waals surface area contributed by atoms with E-state index in [1.165, 1.54) is 0 Å². The van der Waals surface area contributed by atoms with Crippen LogP contribution in [0.2, 0.25) is 0 Å². The van der Waals surface area contributed by atoms with Gasteiger partial charge in [0.2, 0.25) is 11.8 Å². The van der Waals surface area contributed by atoms with Gasteiger partial charge in [-0.2, -0.15) is 0 Å². The van der Waals surface area contributed by atoms with Crippen LogP contribution in [0.25, 0.3) is 0 Å². The standard InChI is InChI=1S/C30H41N3O4/c1-5-31-24(17-16-22-12-8-6-9-13-22)28(35)33-26(19-23-14-10-7-11-15-23)29(36)32-25(18-21(2)3)27(34)30(4)20-37-30/h6-15,21,24-26,31H,5,16-20H2,1-4H3,(H,32,36)(H,33,35)/t24-,25?,26-,30+/m0/s1. The summed E-state index contributed by atoms with van der Waals surface area (Å²) in [6.07, 6.45) is 2.18. The SMILES string of the molecule is CCN[C@@H](CCc1ccccc1)C(=O)N[C@@H](Cc1ccccc1)C(=O)NC(CC(C)C)C(=O)[C@@]1(C)CO1. The number of carbonyl (C=O) groups is 3. The minimum atomic E-state index is -0.835. The molecule has 0 aliphatic carbocycles. The monoisotopic (exact) mass is 507 g/mol. The Morgan fingerprint density at radius 3 is 1.95 bits per heavy atom. The topological polar surface area (TPSA) is 99.8 Å². The minimum absolute atomic E-state index is 0.118. The maximum atomic E-state index is 13.5. The molecular formula is C30H41N3O4. The highest BCUT2D eigenvalue weighted by atomic mass is 16.6. The van der Waals surface area contributed by atoms with E-state index in [1.807, 2.05) is 81.4 Å². The molecule has 0 aromatic heterocycles. The number of nitrogens with one attached hydrogen (secondary N) is 3. The first kappa shape index (κ1) is 28.5. The Bertz CT molecular complexity index is 1020. The third kappa shape index (κ3) is 8.79. The molecule has 2 amide bonds. The fourth-order valence-corrected chi connectivity index (χ4v) is 4.45. The van der Waals surface area contributed by atoms with Gasteiger partial charge in [-0.05, 0) is 49.8 Å². The van der Waals surface area contributed by atoms with E-state index >= 15 is 0 Å². The number of carbonyl (C=O) groups excluding carboxylic acids is 3. The summed E-state index contributed by atoms with van der Waals surface area (Å²) in [5, 5.41) is 9.19. The average Bonchev–Trinajstić information content (AvgIpc) is 3.64. The lowest BCUT2D eigenvalue weighted by Crippen LogP contribution is -2.57. The molecule has 1 fully saturated rings. The third-order valence-electron chi connectivity index (χ3n) is 6.69. The summed E-state index contributed by atoms with van der Waals surface area (Å²) in [7, 11) is 0. The average molecular weight is 508 g/mol. The Morgan fingerprint density at radius 2 is 1.41 bits per heavy atom. The van der Waals surface area contributed by atoms with E-state index in [-0.39, 0.29) is 23.5 Å². The fraction of sp³-hybridized carbons (Fsp3) is 0.500. The van der Waals surface area contributed by atoms with Gasteiger partial charge in [-0.1, -0.05) is 81.4 Å². The van der Waals surface area contributed by atoms with Crippen LogP contribution in [0.4, 0.5) is 0 Å². The predicted octanol–water partition coefficient (Wildman–Crippen LogP) is 3.21. The molecule has 2 aromatic carbocycles. The Labute approximate surface area is 220 Å². The van der Waals surface area contributed by atoms with E-state index in [0.29, 0.717) is 32.4 Å². The van der Waals surface area contributed by atoms with Gasteiger partial charge in [-0.3, -0.25) is 14.4 Å². The highest BCUT2D eigenvalue weighted by Crippen LogP contribution is 2.29. The van der Waals surface area contributed by atoms with Gasteiger partial charge in [-0.25, -0.2) is 0 Å². The van der Waals surface area contributed by atoms with Crippen LogP contribution in [0.3, 0.4) is 0 Å².